The van der Waals surface area contributed by atoms with E-state index in [4.69, 9.17) is 4.74 Å². The summed E-state index contributed by atoms with van der Waals surface area (Å²) in [6, 6.07) is 4.62. The van der Waals surface area contributed by atoms with Gasteiger partial charge in [-0.05, 0) is 45.0 Å². The molecule has 4 heteroatoms. The second-order valence-corrected chi connectivity index (χ2v) is 4.76. The summed E-state index contributed by atoms with van der Waals surface area (Å²) in [7, 11) is 0. The van der Waals surface area contributed by atoms with Crippen LogP contribution < -0.4 is 4.74 Å². The monoisotopic (exact) mass is 253 g/mol. The second kappa shape index (κ2) is 6.16. The summed E-state index contributed by atoms with van der Waals surface area (Å²) in [4.78, 5) is 2.35. The first-order valence-corrected chi connectivity index (χ1v) is 6.49. The molecule has 100 valence electrons. The molecule has 1 aromatic carbocycles. The lowest BCUT2D eigenvalue weighted by Crippen LogP contribution is -2.25. The summed E-state index contributed by atoms with van der Waals surface area (Å²) in [6.07, 6.45) is 1.73. The van der Waals surface area contributed by atoms with Crippen molar-refractivity contribution in [1.82, 2.24) is 4.90 Å². The summed E-state index contributed by atoms with van der Waals surface area (Å²) in [5, 5.41) is 9.33. The maximum absolute atomic E-state index is 13.6. The van der Waals surface area contributed by atoms with Gasteiger partial charge in [0.15, 0.2) is 0 Å². The fourth-order valence-corrected chi connectivity index (χ4v) is 2.24. The Morgan fingerprint density at radius 1 is 1.39 bits per heavy atom. The van der Waals surface area contributed by atoms with Gasteiger partial charge in [-0.1, -0.05) is 0 Å². The van der Waals surface area contributed by atoms with Gasteiger partial charge < -0.3 is 9.84 Å². The molecule has 0 amide bonds. The van der Waals surface area contributed by atoms with E-state index in [2.05, 4.69) is 4.90 Å². The van der Waals surface area contributed by atoms with Gasteiger partial charge in [-0.3, -0.25) is 4.90 Å². The molecule has 1 unspecified atom stereocenters. The highest BCUT2D eigenvalue weighted by molar-refractivity contribution is 5.29. The molecule has 0 saturated carbocycles. The van der Waals surface area contributed by atoms with E-state index < -0.39 is 11.9 Å². The molecule has 0 aromatic heterocycles. The number of rotatable bonds is 5. The maximum atomic E-state index is 13.6. The van der Waals surface area contributed by atoms with E-state index in [-0.39, 0.29) is 0 Å². The van der Waals surface area contributed by atoms with Crippen LogP contribution >= 0.6 is 0 Å². The number of aliphatic hydroxyl groups is 1. The summed E-state index contributed by atoms with van der Waals surface area (Å²) in [5.41, 5.74) is 0.307. The zero-order chi connectivity index (χ0) is 13.0. The smallest absolute Gasteiger partial charge is 0.132 e. The molecule has 1 aliphatic rings. The molecule has 1 heterocycles. The third-order valence-electron chi connectivity index (χ3n) is 3.30. The number of nitrogens with zero attached hydrogens (tertiary/aromatic N) is 1. The number of aliphatic hydroxyl groups excluding tert-OH is 1. The molecule has 1 aromatic rings. The van der Waals surface area contributed by atoms with E-state index in [1.807, 2.05) is 0 Å². The first-order valence-electron chi connectivity index (χ1n) is 6.49. The Morgan fingerprint density at radius 2 is 2.11 bits per heavy atom. The Bertz CT molecular complexity index is 389. The van der Waals surface area contributed by atoms with Gasteiger partial charge in [0.05, 0.1) is 6.10 Å². The molecule has 0 spiro atoms. The molecule has 1 fully saturated rings. The van der Waals surface area contributed by atoms with Gasteiger partial charge in [-0.15, -0.1) is 0 Å². The molecule has 1 aliphatic heterocycles. The molecule has 0 aliphatic carbocycles. The summed E-state index contributed by atoms with van der Waals surface area (Å²) < 4.78 is 19.1. The minimum Gasteiger partial charge on any atom is -0.492 e. The predicted octanol–water partition coefficient (Wildman–Crippen LogP) is 2.35. The molecular formula is C14H20FNO2. The molecule has 1 atom stereocenters. The maximum Gasteiger partial charge on any atom is 0.132 e. The fraction of sp³-hybridized carbons (Fsp3) is 0.571. The van der Waals surface area contributed by atoms with Crippen LogP contribution in [0.2, 0.25) is 0 Å². The first kappa shape index (κ1) is 13.3. The Labute approximate surface area is 107 Å². The van der Waals surface area contributed by atoms with Gasteiger partial charge in [-0.2, -0.15) is 0 Å². The van der Waals surface area contributed by atoms with E-state index >= 15 is 0 Å². The van der Waals surface area contributed by atoms with Crippen molar-refractivity contribution in [2.45, 2.75) is 25.9 Å². The largest absolute Gasteiger partial charge is 0.492 e. The van der Waals surface area contributed by atoms with Crippen molar-refractivity contribution in [3.8, 4) is 5.75 Å². The molecule has 3 nitrogen and oxygen atoms in total. The van der Waals surface area contributed by atoms with E-state index in [0.29, 0.717) is 17.9 Å². The number of hydrogen-bond acceptors (Lipinski definition) is 3. The minimum absolute atomic E-state index is 0.307. The van der Waals surface area contributed by atoms with Gasteiger partial charge in [0.25, 0.3) is 0 Å². The van der Waals surface area contributed by atoms with Gasteiger partial charge in [0.2, 0.25) is 0 Å². The van der Waals surface area contributed by atoms with Crippen LogP contribution in [0.15, 0.2) is 18.2 Å². The van der Waals surface area contributed by atoms with E-state index in [1.165, 1.54) is 18.9 Å². The summed E-state index contributed by atoms with van der Waals surface area (Å²) in [6.45, 7) is 5.29. The highest BCUT2D eigenvalue weighted by Crippen LogP contribution is 2.21. The second-order valence-electron chi connectivity index (χ2n) is 4.76. The van der Waals surface area contributed by atoms with Gasteiger partial charge in [-0.25, -0.2) is 4.39 Å². The van der Waals surface area contributed by atoms with Gasteiger partial charge in [0.1, 0.15) is 18.2 Å². The summed E-state index contributed by atoms with van der Waals surface area (Å²) >= 11 is 0. The van der Waals surface area contributed by atoms with Crippen LogP contribution in [0.5, 0.6) is 5.75 Å². The standard InChI is InChI=1S/C14H20FNO2/c1-11(17)13-5-4-12(10-14(13)15)18-9-8-16-6-2-3-7-16/h4-5,10-11,17H,2-3,6-9H2,1H3. The lowest BCUT2D eigenvalue weighted by Gasteiger charge is -2.15. The third-order valence-corrected chi connectivity index (χ3v) is 3.30. The van der Waals surface area contributed by atoms with Crippen LogP contribution in [0.3, 0.4) is 0 Å². The topological polar surface area (TPSA) is 32.7 Å². The normalized spacial score (nSPS) is 17.9. The minimum atomic E-state index is -0.788. The highest BCUT2D eigenvalue weighted by Gasteiger charge is 2.12. The Morgan fingerprint density at radius 3 is 2.72 bits per heavy atom. The van der Waals surface area contributed by atoms with Gasteiger partial charge >= 0.3 is 0 Å². The van der Waals surface area contributed by atoms with Crippen molar-refractivity contribution in [2.24, 2.45) is 0 Å². The molecule has 0 radical (unpaired) electrons. The number of halogens is 1. The Hall–Kier alpha value is -1.13. The zero-order valence-electron chi connectivity index (χ0n) is 10.7. The summed E-state index contributed by atoms with van der Waals surface area (Å²) in [5.74, 6) is 0.111. The number of likely N-dealkylation sites (tertiary alicyclic amines) is 1. The van der Waals surface area contributed by atoms with Crippen molar-refractivity contribution >= 4 is 0 Å². The van der Waals surface area contributed by atoms with Crippen molar-refractivity contribution in [1.29, 1.82) is 0 Å². The van der Waals surface area contributed by atoms with E-state index in [1.54, 1.807) is 19.1 Å². The van der Waals surface area contributed by atoms with Crippen LogP contribution in [0.25, 0.3) is 0 Å². The number of hydrogen-bond donors (Lipinski definition) is 1. The lowest BCUT2D eigenvalue weighted by atomic mass is 10.1. The number of benzene rings is 1. The van der Waals surface area contributed by atoms with Crippen LogP contribution in [-0.2, 0) is 0 Å². The first-order chi connectivity index (χ1) is 8.66. The Balaban J connectivity index is 1.84. The molecule has 1 saturated heterocycles. The lowest BCUT2D eigenvalue weighted by molar-refractivity contribution is 0.193. The Kier molecular flexibility index (Phi) is 4.55. The molecule has 18 heavy (non-hydrogen) atoms. The molecule has 0 bridgehead atoms. The molecule has 2 rings (SSSR count). The quantitative estimate of drug-likeness (QED) is 0.874. The van der Waals surface area contributed by atoms with Crippen LogP contribution in [0.1, 0.15) is 31.4 Å². The number of ether oxygens (including phenoxy) is 1. The van der Waals surface area contributed by atoms with Gasteiger partial charge in [0, 0.05) is 18.2 Å². The highest BCUT2D eigenvalue weighted by atomic mass is 19.1. The van der Waals surface area contributed by atoms with Crippen molar-refractivity contribution < 1.29 is 14.2 Å². The van der Waals surface area contributed by atoms with Crippen LogP contribution in [0, 0.1) is 5.82 Å². The average molecular weight is 253 g/mol. The van der Waals surface area contributed by atoms with E-state index in [9.17, 15) is 9.50 Å². The molecular weight excluding hydrogens is 233 g/mol. The van der Waals surface area contributed by atoms with E-state index in [0.717, 1.165) is 19.6 Å². The van der Waals surface area contributed by atoms with Crippen molar-refractivity contribution in [3.05, 3.63) is 29.6 Å². The van der Waals surface area contributed by atoms with Crippen molar-refractivity contribution in [2.75, 3.05) is 26.2 Å². The zero-order valence-corrected chi connectivity index (χ0v) is 10.7. The van der Waals surface area contributed by atoms with Crippen LogP contribution in [0.4, 0.5) is 4.39 Å². The third kappa shape index (κ3) is 3.43. The average Bonchev–Trinajstić information content (AvgIpc) is 2.81. The predicted molar refractivity (Wildman–Crippen MR) is 68.2 cm³/mol. The fourth-order valence-electron chi connectivity index (χ4n) is 2.24. The SMILES string of the molecule is CC(O)c1ccc(OCCN2CCCC2)cc1F. The van der Waals surface area contributed by atoms with Crippen molar-refractivity contribution in [3.63, 3.8) is 0 Å². The molecule has 1 N–H and O–H groups in total. The van der Waals surface area contributed by atoms with Crippen LogP contribution in [-0.4, -0.2) is 36.2 Å².